The molecule has 0 saturated heterocycles. The second-order valence-corrected chi connectivity index (χ2v) is 8.65. The van der Waals surface area contributed by atoms with Gasteiger partial charge in [0.15, 0.2) is 11.3 Å². The minimum absolute atomic E-state index is 0.200. The Labute approximate surface area is 190 Å². The number of amides is 1. The molecule has 2 aromatic carbocycles. The molecule has 0 bridgehead atoms. The van der Waals surface area contributed by atoms with E-state index in [0.29, 0.717) is 24.4 Å². The van der Waals surface area contributed by atoms with Crippen LogP contribution >= 0.6 is 11.3 Å². The molecule has 0 aliphatic heterocycles. The Morgan fingerprint density at radius 1 is 1.00 bits per heavy atom. The fourth-order valence-corrected chi connectivity index (χ4v) is 4.61. The number of hydrogen-bond donors (Lipinski definition) is 1. The molecule has 32 heavy (non-hydrogen) atoms. The maximum Gasteiger partial charge on any atom is 0.272 e. The quantitative estimate of drug-likeness (QED) is 0.384. The number of carbonyl (C=O) groups excluding carboxylic acids is 1. The number of nitrogens with zero attached hydrogens (tertiary/aromatic N) is 3. The van der Waals surface area contributed by atoms with E-state index in [1.54, 1.807) is 17.5 Å². The summed E-state index contributed by atoms with van der Waals surface area (Å²) in [5.41, 5.74) is 5.42. The first-order chi connectivity index (χ1) is 15.7. The lowest BCUT2D eigenvalue weighted by Crippen LogP contribution is -2.23. The summed E-state index contributed by atoms with van der Waals surface area (Å²) in [6.45, 7) is 3.04. The van der Waals surface area contributed by atoms with Gasteiger partial charge in [-0.2, -0.15) is 5.10 Å². The summed E-state index contributed by atoms with van der Waals surface area (Å²) in [6, 6.07) is 24.2. The van der Waals surface area contributed by atoms with Crippen molar-refractivity contribution in [1.29, 1.82) is 0 Å². The summed E-state index contributed by atoms with van der Waals surface area (Å²) in [6.07, 6.45) is 1.79. The van der Waals surface area contributed by atoms with Crippen LogP contribution in [0.5, 0.6) is 0 Å². The standard InChI is InChI=1S/C26H22N4OS/c1-18-7-5-10-20(15-18)16-28-26(31)24-23-21(22-11-6-14-32-22)12-13-27-25(23)30(29-24)17-19-8-3-2-4-9-19/h2-15H,16-17H2,1H3,(H,28,31). The van der Waals surface area contributed by atoms with Gasteiger partial charge in [0.25, 0.3) is 5.91 Å². The average Bonchev–Trinajstić information content (AvgIpc) is 3.47. The number of pyridine rings is 1. The van der Waals surface area contributed by atoms with Crippen LogP contribution in [0.25, 0.3) is 21.5 Å². The molecule has 0 aliphatic rings. The van der Waals surface area contributed by atoms with Gasteiger partial charge in [-0.1, -0.05) is 66.2 Å². The Morgan fingerprint density at radius 3 is 2.62 bits per heavy atom. The van der Waals surface area contributed by atoms with Crippen molar-refractivity contribution in [2.24, 2.45) is 0 Å². The zero-order valence-electron chi connectivity index (χ0n) is 17.7. The number of benzene rings is 2. The monoisotopic (exact) mass is 438 g/mol. The van der Waals surface area contributed by atoms with Crippen LogP contribution in [0.1, 0.15) is 27.2 Å². The van der Waals surface area contributed by atoms with E-state index in [4.69, 9.17) is 5.10 Å². The Morgan fingerprint density at radius 2 is 1.84 bits per heavy atom. The van der Waals surface area contributed by atoms with E-state index < -0.39 is 0 Å². The third-order valence-electron chi connectivity index (χ3n) is 5.35. The molecule has 158 valence electrons. The minimum atomic E-state index is -0.200. The highest BCUT2D eigenvalue weighted by Crippen LogP contribution is 2.33. The van der Waals surface area contributed by atoms with Crippen molar-refractivity contribution in [3.8, 4) is 10.4 Å². The summed E-state index contributed by atoms with van der Waals surface area (Å²) >= 11 is 1.64. The Balaban J connectivity index is 1.56. The second-order valence-electron chi connectivity index (χ2n) is 7.70. The summed E-state index contributed by atoms with van der Waals surface area (Å²) < 4.78 is 1.82. The second kappa shape index (κ2) is 8.77. The van der Waals surface area contributed by atoms with Crippen molar-refractivity contribution in [2.45, 2.75) is 20.0 Å². The molecule has 1 N–H and O–H groups in total. The van der Waals surface area contributed by atoms with Crippen LogP contribution in [0.2, 0.25) is 0 Å². The first-order valence-electron chi connectivity index (χ1n) is 10.5. The van der Waals surface area contributed by atoms with E-state index in [-0.39, 0.29) is 5.91 Å². The predicted octanol–water partition coefficient (Wildman–Crippen LogP) is 5.45. The van der Waals surface area contributed by atoms with Gasteiger partial charge in [0, 0.05) is 23.2 Å². The highest BCUT2D eigenvalue weighted by atomic mass is 32.1. The van der Waals surface area contributed by atoms with E-state index in [1.165, 1.54) is 5.56 Å². The van der Waals surface area contributed by atoms with Crippen LogP contribution in [-0.4, -0.2) is 20.7 Å². The van der Waals surface area contributed by atoms with E-state index in [0.717, 1.165) is 27.0 Å². The average molecular weight is 439 g/mol. The highest BCUT2D eigenvalue weighted by molar-refractivity contribution is 7.13. The third kappa shape index (κ3) is 4.05. The molecule has 0 aliphatic carbocycles. The van der Waals surface area contributed by atoms with Crippen molar-refractivity contribution >= 4 is 28.3 Å². The van der Waals surface area contributed by atoms with Gasteiger partial charge in [-0.15, -0.1) is 11.3 Å². The first-order valence-corrected chi connectivity index (χ1v) is 11.3. The van der Waals surface area contributed by atoms with Crippen molar-refractivity contribution < 1.29 is 4.79 Å². The normalized spacial score (nSPS) is 11.0. The molecule has 6 heteroatoms. The van der Waals surface area contributed by atoms with Gasteiger partial charge < -0.3 is 5.32 Å². The van der Waals surface area contributed by atoms with Crippen molar-refractivity contribution in [3.05, 3.63) is 107 Å². The Bertz CT molecular complexity index is 1370. The molecular formula is C26H22N4OS. The molecule has 5 nitrogen and oxygen atoms in total. The minimum Gasteiger partial charge on any atom is -0.347 e. The van der Waals surface area contributed by atoms with Gasteiger partial charge in [0.1, 0.15) is 0 Å². The molecule has 1 amide bonds. The molecule has 0 saturated carbocycles. The van der Waals surface area contributed by atoms with Gasteiger partial charge in [0.05, 0.1) is 11.9 Å². The lowest BCUT2D eigenvalue weighted by molar-refractivity contribution is 0.0946. The summed E-state index contributed by atoms with van der Waals surface area (Å²) in [4.78, 5) is 19.0. The van der Waals surface area contributed by atoms with Crippen molar-refractivity contribution in [3.63, 3.8) is 0 Å². The number of fused-ring (bicyclic) bond motifs is 1. The van der Waals surface area contributed by atoms with Gasteiger partial charge in [-0.05, 0) is 35.6 Å². The number of aromatic nitrogens is 3. The number of rotatable bonds is 6. The number of hydrogen-bond acceptors (Lipinski definition) is 4. The van der Waals surface area contributed by atoms with Gasteiger partial charge in [-0.3, -0.25) is 4.79 Å². The molecule has 0 radical (unpaired) electrons. The molecule has 5 rings (SSSR count). The van der Waals surface area contributed by atoms with Gasteiger partial charge >= 0.3 is 0 Å². The van der Waals surface area contributed by atoms with Crippen LogP contribution in [-0.2, 0) is 13.1 Å². The van der Waals surface area contributed by atoms with E-state index in [2.05, 4.69) is 22.4 Å². The summed E-state index contributed by atoms with van der Waals surface area (Å²) in [5.74, 6) is -0.200. The largest absolute Gasteiger partial charge is 0.347 e. The molecule has 0 fully saturated rings. The Kier molecular flexibility index (Phi) is 5.52. The highest BCUT2D eigenvalue weighted by Gasteiger charge is 2.22. The molecule has 5 aromatic rings. The number of carbonyl (C=O) groups is 1. The molecule has 0 unspecified atom stereocenters. The van der Waals surface area contributed by atoms with Crippen LogP contribution < -0.4 is 5.32 Å². The van der Waals surface area contributed by atoms with Crippen LogP contribution in [0.4, 0.5) is 0 Å². The van der Waals surface area contributed by atoms with Gasteiger partial charge in [0.2, 0.25) is 0 Å². The Hall–Kier alpha value is -3.77. The van der Waals surface area contributed by atoms with Crippen LogP contribution in [0.3, 0.4) is 0 Å². The number of nitrogens with one attached hydrogen (secondary N) is 1. The van der Waals surface area contributed by atoms with E-state index >= 15 is 0 Å². The lowest BCUT2D eigenvalue weighted by Gasteiger charge is -2.06. The predicted molar refractivity (Wildman–Crippen MR) is 129 cm³/mol. The molecule has 3 aromatic heterocycles. The third-order valence-corrected chi connectivity index (χ3v) is 6.25. The molecular weight excluding hydrogens is 416 g/mol. The maximum absolute atomic E-state index is 13.3. The fraction of sp³-hybridized carbons (Fsp3) is 0.115. The van der Waals surface area contributed by atoms with Crippen LogP contribution in [0.15, 0.2) is 84.4 Å². The summed E-state index contributed by atoms with van der Waals surface area (Å²) in [5, 5.41) is 10.6. The topological polar surface area (TPSA) is 59.8 Å². The molecule has 0 atom stereocenters. The number of aryl methyl sites for hydroxylation is 1. The zero-order chi connectivity index (χ0) is 21.9. The van der Waals surface area contributed by atoms with Crippen molar-refractivity contribution in [2.75, 3.05) is 0 Å². The lowest BCUT2D eigenvalue weighted by atomic mass is 10.1. The van der Waals surface area contributed by atoms with E-state index in [1.807, 2.05) is 77.6 Å². The van der Waals surface area contributed by atoms with Crippen molar-refractivity contribution in [1.82, 2.24) is 20.1 Å². The molecule has 0 spiro atoms. The van der Waals surface area contributed by atoms with Gasteiger partial charge in [-0.25, -0.2) is 9.67 Å². The smallest absolute Gasteiger partial charge is 0.272 e. The van der Waals surface area contributed by atoms with E-state index in [9.17, 15) is 4.79 Å². The zero-order valence-corrected chi connectivity index (χ0v) is 18.5. The SMILES string of the molecule is Cc1cccc(CNC(=O)c2nn(Cc3ccccc3)c3nccc(-c4cccs4)c23)c1. The number of thiophene rings is 1. The molecule has 3 heterocycles. The maximum atomic E-state index is 13.3. The summed E-state index contributed by atoms with van der Waals surface area (Å²) in [7, 11) is 0. The fourth-order valence-electron chi connectivity index (χ4n) is 3.85. The first kappa shape index (κ1) is 20.2. The van der Waals surface area contributed by atoms with Crippen LogP contribution in [0, 0.1) is 6.92 Å².